The Hall–Kier alpha value is -4.29. The first kappa shape index (κ1) is 28.3. The van der Waals surface area contributed by atoms with Crippen LogP contribution in [0.4, 0.5) is 11.4 Å². The quantitative estimate of drug-likeness (QED) is 0.224. The molecule has 0 fully saturated rings. The molecule has 3 rings (SSSR count). The Labute approximate surface area is 230 Å². The van der Waals surface area contributed by atoms with Gasteiger partial charge in [0.25, 0.3) is 11.8 Å². The van der Waals surface area contributed by atoms with Gasteiger partial charge in [-0.3, -0.25) is 9.59 Å². The van der Waals surface area contributed by atoms with Crippen LogP contribution in [-0.4, -0.2) is 32.1 Å². The van der Waals surface area contributed by atoms with Crippen LogP contribution >= 0.6 is 15.9 Å². The molecule has 0 bridgehead atoms. The van der Waals surface area contributed by atoms with E-state index in [1.54, 1.807) is 49.6 Å². The van der Waals surface area contributed by atoms with Crippen molar-refractivity contribution in [1.82, 2.24) is 0 Å². The molecule has 2 amide bonds. The zero-order valence-corrected chi connectivity index (χ0v) is 23.1. The zero-order valence-electron chi connectivity index (χ0n) is 21.6. The van der Waals surface area contributed by atoms with Gasteiger partial charge < -0.3 is 24.8 Å². The zero-order chi connectivity index (χ0) is 27.7. The summed E-state index contributed by atoms with van der Waals surface area (Å²) >= 11 is 3.46. The van der Waals surface area contributed by atoms with Crippen LogP contribution in [0.25, 0.3) is 6.08 Å². The van der Waals surface area contributed by atoms with Crippen LogP contribution in [0.2, 0.25) is 0 Å². The minimum atomic E-state index is -0.522. The van der Waals surface area contributed by atoms with Crippen LogP contribution in [0.5, 0.6) is 17.2 Å². The third kappa shape index (κ3) is 7.37. The lowest BCUT2D eigenvalue weighted by molar-refractivity contribution is -0.118. The number of nitrogens with zero attached hydrogens (tertiary/aromatic N) is 1. The van der Waals surface area contributed by atoms with Gasteiger partial charge in [-0.15, -0.1) is 0 Å². The molecule has 0 atom stereocenters. The summed E-state index contributed by atoms with van der Waals surface area (Å²) in [6, 6.07) is 17.8. The first-order chi connectivity index (χ1) is 18.2. The van der Waals surface area contributed by atoms with Gasteiger partial charge >= 0.3 is 0 Å². The summed E-state index contributed by atoms with van der Waals surface area (Å²) in [6.07, 6.45) is 1.47. The molecule has 196 valence electrons. The van der Waals surface area contributed by atoms with Crippen molar-refractivity contribution in [2.24, 2.45) is 0 Å². The Balaban J connectivity index is 1.77. The maximum atomic E-state index is 12.8. The lowest BCUT2D eigenvalue weighted by Gasteiger charge is -2.15. The highest BCUT2D eigenvalue weighted by atomic mass is 79.9. The molecule has 0 saturated heterocycles. The second-order valence-electron chi connectivity index (χ2n) is 8.20. The third-order valence-corrected chi connectivity index (χ3v) is 6.17. The summed E-state index contributed by atoms with van der Waals surface area (Å²) in [4.78, 5) is 25.2. The van der Waals surface area contributed by atoms with Crippen LogP contribution in [0.15, 0.2) is 64.6 Å². The summed E-state index contributed by atoms with van der Waals surface area (Å²) in [7, 11) is 1.57. The first-order valence-electron chi connectivity index (χ1n) is 11.8. The number of nitrogens with one attached hydrogen (secondary N) is 2. The van der Waals surface area contributed by atoms with Crippen molar-refractivity contribution in [3.8, 4) is 23.3 Å². The predicted molar refractivity (Wildman–Crippen MR) is 151 cm³/mol. The van der Waals surface area contributed by atoms with E-state index in [1.807, 2.05) is 39.0 Å². The number of ether oxygens (including phenoxy) is 3. The highest BCUT2D eigenvalue weighted by molar-refractivity contribution is 9.10. The normalized spacial score (nSPS) is 10.8. The third-order valence-electron chi connectivity index (χ3n) is 5.58. The molecule has 0 aliphatic carbocycles. The number of carbonyl (C=O) groups excluding carboxylic acids is 2. The molecular weight excluding hydrogens is 550 g/mol. The lowest BCUT2D eigenvalue weighted by Crippen LogP contribution is -2.20. The number of aryl methyl sites for hydroxylation is 1. The molecule has 3 aromatic carbocycles. The molecule has 0 unspecified atom stereocenters. The van der Waals surface area contributed by atoms with Crippen molar-refractivity contribution in [2.45, 2.75) is 20.8 Å². The van der Waals surface area contributed by atoms with Crippen molar-refractivity contribution in [1.29, 1.82) is 5.26 Å². The summed E-state index contributed by atoms with van der Waals surface area (Å²) in [5.74, 6) is 0.486. The average molecular weight is 578 g/mol. The van der Waals surface area contributed by atoms with Gasteiger partial charge in [-0.1, -0.05) is 12.1 Å². The first-order valence-corrected chi connectivity index (χ1v) is 12.6. The summed E-state index contributed by atoms with van der Waals surface area (Å²) in [6.45, 7) is 5.75. The van der Waals surface area contributed by atoms with Crippen molar-refractivity contribution in [3.05, 3.63) is 81.3 Å². The van der Waals surface area contributed by atoms with Gasteiger partial charge in [-0.2, -0.15) is 5.26 Å². The molecule has 8 nitrogen and oxygen atoms in total. The van der Waals surface area contributed by atoms with Crippen LogP contribution in [0.1, 0.15) is 23.6 Å². The van der Waals surface area contributed by atoms with Gasteiger partial charge in [0.15, 0.2) is 18.1 Å². The van der Waals surface area contributed by atoms with E-state index in [2.05, 4.69) is 26.6 Å². The number of benzene rings is 3. The van der Waals surface area contributed by atoms with E-state index in [0.29, 0.717) is 45.3 Å². The predicted octanol–water partition coefficient (Wildman–Crippen LogP) is 6.04. The van der Waals surface area contributed by atoms with Gasteiger partial charge in [-0.25, -0.2) is 0 Å². The summed E-state index contributed by atoms with van der Waals surface area (Å²) in [5, 5.41) is 15.2. The second kappa shape index (κ2) is 13.3. The number of hydrogen-bond donors (Lipinski definition) is 2. The molecule has 0 aliphatic heterocycles. The Bertz CT molecular complexity index is 1390. The molecule has 0 aromatic heterocycles. The van der Waals surface area contributed by atoms with Crippen LogP contribution in [-0.2, 0) is 9.59 Å². The van der Waals surface area contributed by atoms with Crippen molar-refractivity contribution < 1.29 is 23.8 Å². The summed E-state index contributed by atoms with van der Waals surface area (Å²) in [5.41, 5.74) is 3.67. The number of nitriles is 1. The smallest absolute Gasteiger partial charge is 0.266 e. The molecule has 0 aliphatic rings. The minimum absolute atomic E-state index is 0.0761. The second-order valence-corrected chi connectivity index (χ2v) is 9.05. The number of anilines is 2. The monoisotopic (exact) mass is 577 g/mol. The molecule has 0 radical (unpaired) electrons. The minimum Gasteiger partial charge on any atom is -0.497 e. The van der Waals surface area contributed by atoms with Gasteiger partial charge in [0.1, 0.15) is 17.4 Å². The fourth-order valence-electron chi connectivity index (χ4n) is 3.47. The Morgan fingerprint density at radius 3 is 2.45 bits per heavy atom. The van der Waals surface area contributed by atoms with Gasteiger partial charge in [0, 0.05) is 11.4 Å². The largest absolute Gasteiger partial charge is 0.497 e. The SMILES string of the molecule is CCOc1cc(/C=C(/C#N)C(=O)Nc2cccc(C)c2C)cc(Br)c1OCC(=O)Nc1ccc(OC)cc1. The van der Waals surface area contributed by atoms with E-state index in [1.165, 1.54) is 6.08 Å². The van der Waals surface area contributed by atoms with E-state index < -0.39 is 5.91 Å². The lowest BCUT2D eigenvalue weighted by atomic mass is 10.1. The molecule has 0 spiro atoms. The van der Waals surface area contributed by atoms with Crippen molar-refractivity contribution >= 4 is 45.2 Å². The van der Waals surface area contributed by atoms with E-state index >= 15 is 0 Å². The van der Waals surface area contributed by atoms with E-state index in [9.17, 15) is 14.9 Å². The Morgan fingerprint density at radius 2 is 1.79 bits per heavy atom. The van der Waals surface area contributed by atoms with E-state index in [0.717, 1.165) is 11.1 Å². The number of amides is 2. The van der Waals surface area contributed by atoms with Gasteiger partial charge in [-0.05, 0) is 102 Å². The topological polar surface area (TPSA) is 110 Å². The molecule has 2 N–H and O–H groups in total. The number of hydrogen-bond acceptors (Lipinski definition) is 6. The maximum Gasteiger partial charge on any atom is 0.266 e. The molecule has 0 heterocycles. The summed E-state index contributed by atoms with van der Waals surface area (Å²) < 4.78 is 17.1. The van der Waals surface area contributed by atoms with Crippen molar-refractivity contribution in [2.75, 3.05) is 31.0 Å². The van der Waals surface area contributed by atoms with Crippen molar-refractivity contribution in [3.63, 3.8) is 0 Å². The maximum absolute atomic E-state index is 12.8. The van der Waals surface area contributed by atoms with Crippen LogP contribution in [0.3, 0.4) is 0 Å². The number of halogens is 1. The highest BCUT2D eigenvalue weighted by Crippen LogP contribution is 2.37. The van der Waals surface area contributed by atoms with E-state index in [4.69, 9.17) is 14.2 Å². The Morgan fingerprint density at radius 1 is 1.05 bits per heavy atom. The number of rotatable bonds is 10. The highest BCUT2D eigenvalue weighted by Gasteiger charge is 2.16. The van der Waals surface area contributed by atoms with E-state index in [-0.39, 0.29) is 18.1 Å². The average Bonchev–Trinajstić information content (AvgIpc) is 2.90. The standard InChI is InChI=1S/C29H28BrN3O5/c1-5-37-26-15-20(13-21(16-31)29(35)33-25-8-6-7-18(2)19(25)3)14-24(30)28(26)38-17-27(34)32-22-9-11-23(36-4)12-10-22/h6-15H,5,17H2,1-4H3,(H,32,34)(H,33,35)/b21-13-. The van der Waals surface area contributed by atoms with Crippen LogP contribution in [0, 0.1) is 25.2 Å². The number of carbonyl (C=O) groups is 2. The van der Waals surface area contributed by atoms with Gasteiger partial charge in [0.05, 0.1) is 18.2 Å². The fourth-order valence-corrected chi connectivity index (χ4v) is 4.05. The number of methoxy groups -OCH3 is 1. The molecule has 9 heteroatoms. The van der Waals surface area contributed by atoms with Crippen LogP contribution < -0.4 is 24.8 Å². The Kier molecular flexibility index (Phi) is 9.91. The molecular formula is C29H28BrN3O5. The fraction of sp³-hybridized carbons (Fsp3) is 0.207. The molecule has 38 heavy (non-hydrogen) atoms. The molecule has 0 saturated carbocycles. The molecule has 3 aromatic rings. The van der Waals surface area contributed by atoms with Gasteiger partial charge in [0.2, 0.25) is 0 Å².